The number of nitrogens with zero attached hydrogens (tertiary/aromatic N) is 4. The highest BCUT2D eigenvalue weighted by atomic mass is 16.5. The molecule has 1 saturated carbocycles. The number of methoxy groups -OCH3 is 2. The molecule has 2 saturated heterocycles. The molecule has 0 radical (unpaired) electrons. The standard InChI is InChI=1S/C42H52N8O6/c1-23(2)34(47-41(53)55-5)39(51)49-19-7-8-33(49)37-43-21-31(45-37)27-13-9-25(10-14-27)26-11-15-28(16-12-26)32-22-44-38(46-32)36-29-17-18-30(20-29)50(36)40(52)35(24(3)4)48-42(54)56-6/h9-16,21-24,29-30,33-36H,7-8,17-20H2,1-6H3,(H,43,45)(H,44,46)(H,47,53)(H,48,54)/t29-,30+,33-,34-,35-,36-/m0/s1. The molecule has 14 nitrogen and oxygen atoms in total. The Morgan fingerprint density at radius 2 is 1.20 bits per heavy atom. The molecular weight excluding hydrogens is 713 g/mol. The SMILES string of the molecule is COC(=O)N[C@H](C(=O)N1CCC[C@H]1c1ncc(-c2ccc(-c3ccc(-c4cnc([C@@H]5[C@H]6CC[C@H](C6)N5C(=O)[C@@H](NC(=O)OC)C(C)C)[nH]4)cc3)cc2)[nH]1)C(C)C. The molecule has 4 amide bonds. The maximum Gasteiger partial charge on any atom is 0.407 e. The number of benzene rings is 2. The molecule has 0 spiro atoms. The van der Waals surface area contributed by atoms with E-state index in [-0.39, 0.29) is 41.8 Å². The van der Waals surface area contributed by atoms with Gasteiger partial charge in [-0.05, 0) is 72.1 Å². The fraction of sp³-hybridized carbons (Fsp3) is 0.476. The van der Waals surface area contributed by atoms with E-state index in [1.54, 1.807) is 6.20 Å². The number of imidazole rings is 2. The van der Waals surface area contributed by atoms with Crippen LogP contribution in [0.1, 0.15) is 83.5 Å². The van der Waals surface area contributed by atoms with E-state index in [1.807, 2.05) is 43.7 Å². The lowest BCUT2D eigenvalue weighted by molar-refractivity contribution is -0.139. The summed E-state index contributed by atoms with van der Waals surface area (Å²) in [6, 6.07) is 15.0. The normalized spacial score (nSPS) is 21.4. The lowest BCUT2D eigenvalue weighted by atomic mass is 9.95. The Labute approximate surface area is 327 Å². The van der Waals surface area contributed by atoms with E-state index in [2.05, 4.69) is 74.1 Å². The zero-order chi connectivity index (χ0) is 39.7. The Balaban J connectivity index is 1.02. The molecule has 1 aliphatic carbocycles. The third-order valence-electron chi connectivity index (χ3n) is 11.7. The van der Waals surface area contributed by atoms with E-state index in [1.165, 1.54) is 14.2 Å². The van der Waals surface area contributed by atoms with Crippen LogP contribution in [0.5, 0.6) is 0 Å². The molecule has 296 valence electrons. The molecule has 4 aromatic rings. The van der Waals surface area contributed by atoms with Crippen LogP contribution in [-0.4, -0.2) is 92.6 Å². The number of amides is 4. The molecule has 6 atom stereocenters. The summed E-state index contributed by atoms with van der Waals surface area (Å²) < 4.78 is 9.57. The van der Waals surface area contributed by atoms with Crippen molar-refractivity contribution in [1.29, 1.82) is 0 Å². The summed E-state index contributed by atoms with van der Waals surface area (Å²) in [7, 11) is 2.59. The van der Waals surface area contributed by atoms with Gasteiger partial charge in [-0.3, -0.25) is 9.59 Å². The zero-order valence-electron chi connectivity index (χ0n) is 32.9. The van der Waals surface area contributed by atoms with E-state index in [0.717, 1.165) is 77.4 Å². The van der Waals surface area contributed by atoms with Crippen molar-refractivity contribution in [3.63, 3.8) is 0 Å². The van der Waals surface area contributed by atoms with E-state index < -0.39 is 24.3 Å². The number of likely N-dealkylation sites (tertiary alicyclic amines) is 2. The third kappa shape index (κ3) is 7.61. The van der Waals surface area contributed by atoms with Crippen LogP contribution in [0.4, 0.5) is 9.59 Å². The van der Waals surface area contributed by atoms with Gasteiger partial charge in [-0.25, -0.2) is 19.6 Å². The van der Waals surface area contributed by atoms with Crippen molar-refractivity contribution in [2.24, 2.45) is 17.8 Å². The second-order valence-electron chi connectivity index (χ2n) is 15.8. The van der Waals surface area contributed by atoms with Gasteiger partial charge in [-0.1, -0.05) is 76.2 Å². The number of ether oxygens (including phenoxy) is 2. The number of hydrogen-bond acceptors (Lipinski definition) is 8. The van der Waals surface area contributed by atoms with Gasteiger partial charge in [0.2, 0.25) is 11.8 Å². The Hall–Kier alpha value is -5.66. The van der Waals surface area contributed by atoms with Crippen molar-refractivity contribution in [1.82, 2.24) is 40.4 Å². The minimum Gasteiger partial charge on any atom is -0.453 e. The van der Waals surface area contributed by atoms with E-state index in [0.29, 0.717) is 12.5 Å². The molecule has 2 aliphatic heterocycles. The molecule has 3 fully saturated rings. The van der Waals surface area contributed by atoms with Crippen molar-refractivity contribution >= 4 is 24.0 Å². The van der Waals surface area contributed by atoms with E-state index in [9.17, 15) is 19.2 Å². The van der Waals surface area contributed by atoms with Crippen molar-refractivity contribution in [2.75, 3.05) is 20.8 Å². The second kappa shape index (κ2) is 16.2. The first kappa shape index (κ1) is 38.6. The number of H-pyrrole nitrogens is 2. The number of carbonyl (C=O) groups is 4. The number of carbonyl (C=O) groups excluding carboxylic acids is 4. The Morgan fingerprint density at radius 3 is 1.73 bits per heavy atom. The zero-order valence-corrected chi connectivity index (χ0v) is 32.9. The molecule has 7 rings (SSSR count). The molecule has 0 unspecified atom stereocenters. The summed E-state index contributed by atoms with van der Waals surface area (Å²) in [6.07, 6.45) is 6.96. The number of rotatable bonds is 11. The first-order valence-corrected chi connectivity index (χ1v) is 19.6. The van der Waals surface area contributed by atoms with Gasteiger partial charge in [0.05, 0.1) is 50.1 Å². The van der Waals surface area contributed by atoms with Crippen LogP contribution < -0.4 is 10.6 Å². The largest absolute Gasteiger partial charge is 0.453 e. The highest BCUT2D eigenvalue weighted by molar-refractivity contribution is 5.87. The fourth-order valence-electron chi connectivity index (χ4n) is 8.68. The number of aromatic amines is 2. The topological polar surface area (TPSA) is 175 Å². The molecule has 14 heteroatoms. The highest BCUT2D eigenvalue weighted by Crippen LogP contribution is 2.50. The van der Waals surface area contributed by atoms with Crippen LogP contribution in [0.15, 0.2) is 60.9 Å². The summed E-state index contributed by atoms with van der Waals surface area (Å²) in [5.74, 6) is 1.37. The summed E-state index contributed by atoms with van der Waals surface area (Å²) in [6.45, 7) is 8.25. The summed E-state index contributed by atoms with van der Waals surface area (Å²) in [5, 5.41) is 5.45. The van der Waals surface area contributed by atoms with Gasteiger partial charge in [0.15, 0.2) is 0 Å². The summed E-state index contributed by atoms with van der Waals surface area (Å²) in [4.78, 5) is 71.7. The van der Waals surface area contributed by atoms with Crippen LogP contribution in [0, 0.1) is 17.8 Å². The van der Waals surface area contributed by atoms with Gasteiger partial charge in [0.25, 0.3) is 0 Å². The molecule has 2 bridgehead atoms. The van der Waals surface area contributed by atoms with Gasteiger partial charge in [-0.15, -0.1) is 0 Å². The van der Waals surface area contributed by atoms with Crippen LogP contribution in [0.2, 0.25) is 0 Å². The van der Waals surface area contributed by atoms with Gasteiger partial charge in [-0.2, -0.15) is 0 Å². The predicted octanol–water partition coefficient (Wildman–Crippen LogP) is 6.61. The van der Waals surface area contributed by atoms with Crippen LogP contribution >= 0.6 is 0 Å². The first-order chi connectivity index (χ1) is 27.0. The molecule has 56 heavy (non-hydrogen) atoms. The number of alkyl carbamates (subject to hydrolysis) is 2. The lowest BCUT2D eigenvalue weighted by Gasteiger charge is -2.37. The maximum atomic E-state index is 13.9. The van der Waals surface area contributed by atoms with Crippen LogP contribution in [-0.2, 0) is 19.1 Å². The van der Waals surface area contributed by atoms with Crippen molar-refractivity contribution in [3.8, 4) is 33.6 Å². The van der Waals surface area contributed by atoms with Gasteiger partial charge in [0.1, 0.15) is 23.7 Å². The molecule has 2 aromatic heterocycles. The average molecular weight is 765 g/mol. The van der Waals surface area contributed by atoms with Crippen LogP contribution in [0.25, 0.3) is 33.6 Å². The van der Waals surface area contributed by atoms with Gasteiger partial charge in [0, 0.05) is 12.6 Å². The van der Waals surface area contributed by atoms with Gasteiger partial charge >= 0.3 is 12.2 Å². The summed E-state index contributed by atoms with van der Waals surface area (Å²) in [5.41, 5.74) is 5.83. The van der Waals surface area contributed by atoms with Crippen LogP contribution in [0.3, 0.4) is 0 Å². The Morgan fingerprint density at radius 1 is 0.696 bits per heavy atom. The Kier molecular flexibility index (Phi) is 11.2. The number of piperidine rings is 1. The molecular formula is C42H52N8O6. The monoisotopic (exact) mass is 764 g/mol. The molecule has 2 aromatic carbocycles. The van der Waals surface area contributed by atoms with Crippen molar-refractivity contribution in [2.45, 2.75) is 90.0 Å². The smallest absolute Gasteiger partial charge is 0.407 e. The van der Waals surface area contributed by atoms with E-state index in [4.69, 9.17) is 14.5 Å². The molecule has 4 N–H and O–H groups in total. The fourth-order valence-corrected chi connectivity index (χ4v) is 8.68. The second-order valence-corrected chi connectivity index (χ2v) is 15.8. The minimum atomic E-state index is -0.687. The minimum absolute atomic E-state index is 0.0949. The number of hydrogen-bond donors (Lipinski definition) is 4. The van der Waals surface area contributed by atoms with E-state index >= 15 is 0 Å². The first-order valence-electron chi connectivity index (χ1n) is 19.6. The number of aromatic nitrogens is 4. The predicted molar refractivity (Wildman–Crippen MR) is 210 cm³/mol. The number of nitrogens with one attached hydrogen (secondary N) is 4. The average Bonchev–Trinajstić information content (AvgIpc) is 4.06. The number of fused-ring (bicyclic) bond motifs is 2. The molecule has 3 aliphatic rings. The van der Waals surface area contributed by atoms with Gasteiger partial charge < -0.3 is 39.9 Å². The molecule has 4 heterocycles. The maximum absolute atomic E-state index is 13.9. The quantitative estimate of drug-likeness (QED) is 0.132. The Bertz CT molecular complexity index is 2040. The summed E-state index contributed by atoms with van der Waals surface area (Å²) >= 11 is 0. The van der Waals surface area contributed by atoms with Crippen molar-refractivity contribution in [3.05, 3.63) is 72.6 Å². The highest BCUT2D eigenvalue weighted by Gasteiger charge is 2.51. The van der Waals surface area contributed by atoms with Crippen molar-refractivity contribution < 1.29 is 28.7 Å². The third-order valence-corrected chi connectivity index (χ3v) is 11.7. The lowest BCUT2D eigenvalue weighted by Crippen LogP contribution is -2.54.